The summed E-state index contributed by atoms with van der Waals surface area (Å²) in [6.07, 6.45) is 5.21. The normalized spacial score (nSPS) is 25.6. The van der Waals surface area contributed by atoms with Gasteiger partial charge in [0, 0.05) is 45.9 Å². The molecule has 0 bridgehead atoms. The fourth-order valence-electron chi connectivity index (χ4n) is 3.20. The maximum absolute atomic E-state index is 5.34. The lowest BCUT2D eigenvalue weighted by Gasteiger charge is -2.51. The lowest BCUT2D eigenvalue weighted by Crippen LogP contribution is -2.58. The van der Waals surface area contributed by atoms with Gasteiger partial charge in [-0.15, -0.1) is 0 Å². The highest BCUT2D eigenvalue weighted by atomic mass is 16.5. The zero-order valence-corrected chi connectivity index (χ0v) is 11.6. The third-order valence-corrected chi connectivity index (χ3v) is 4.67. The van der Waals surface area contributed by atoms with Gasteiger partial charge >= 0.3 is 0 Å². The van der Waals surface area contributed by atoms with Gasteiger partial charge in [0.1, 0.15) is 0 Å². The van der Waals surface area contributed by atoms with Gasteiger partial charge in [0.05, 0.1) is 6.61 Å². The van der Waals surface area contributed by atoms with E-state index < -0.39 is 0 Å². The van der Waals surface area contributed by atoms with Crippen molar-refractivity contribution < 1.29 is 9.47 Å². The predicted molar refractivity (Wildman–Crippen MR) is 69.2 cm³/mol. The fraction of sp³-hybridized carbons (Fsp3) is 1.00. The molecule has 100 valence electrons. The molecule has 0 unspecified atom stereocenters. The summed E-state index contributed by atoms with van der Waals surface area (Å²) in [7, 11) is 3.63. The maximum Gasteiger partial charge on any atom is 0.0530 e. The third-order valence-electron chi connectivity index (χ3n) is 4.67. The van der Waals surface area contributed by atoms with Gasteiger partial charge in [-0.2, -0.15) is 0 Å². The Labute approximate surface area is 105 Å². The molecule has 1 heterocycles. The molecule has 1 saturated carbocycles. The van der Waals surface area contributed by atoms with Crippen molar-refractivity contribution in [2.24, 2.45) is 10.8 Å². The largest absolute Gasteiger partial charge is 0.385 e. The average Bonchev–Trinajstić information content (AvgIpc) is 3.02. The molecule has 2 fully saturated rings. The summed E-state index contributed by atoms with van der Waals surface area (Å²) in [4.78, 5) is 2.62. The van der Waals surface area contributed by atoms with Gasteiger partial charge in [0.2, 0.25) is 0 Å². The van der Waals surface area contributed by atoms with E-state index in [1.54, 1.807) is 7.11 Å². The Balaban J connectivity index is 1.73. The van der Waals surface area contributed by atoms with Crippen molar-refractivity contribution in [3.05, 3.63) is 0 Å². The van der Waals surface area contributed by atoms with Crippen LogP contribution in [0.2, 0.25) is 0 Å². The van der Waals surface area contributed by atoms with Crippen molar-refractivity contribution in [1.29, 1.82) is 0 Å². The van der Waals surface area contributed by atoms with Crippen molar-refractivity contribution in [3.63, 3.8) is 0 Å². The number of rotatable bonds is 8. The van der Waals surface area contributed by atoms with E-state index in [1.807, 2.05) is 7.11 Å². The van der Waals surface area contributed by atoms with E-state index >= 15 is 0 Å². The Kier molecular flexibility index (Phi) is 4.11. The lowest BCUT2D eigenvalue weighted by atomic mass is 9.74. The summed E-state index contributed by atoms with van der Waals surface area (Å²) in [6, 6.07) is 0. The van der Waals surface area contributed by atoms with Crippen molar-refractivity contribution in [3.8, 4) is 0 Å². The van der Waals surface area contributed by atoms with Crippen LogP contribution < -0.4 is 0 Å². The number of nitrogens with zero attached hydrogens (tertiary/aromatic N) is 1. The van der Waals surface area contributed by atoms with Gasteiger partial charge in [-0.1, -0.05) is 6.92 Å². The smallest absolute Gasteiger partial charge is 0.0530 e. The van der Waals surface area contributed by atoms with E-state index in [0.29, 0.717) is 10.8 Å². The minimum Gasteiger partial charge on any atom is -0.385 e. The van der Waals surface area contributed by atoms with Crippen molar-refractivity contribution >= 4 is 0 Å². The van der Waals surface area contributed by atoms with Crippen LogP contribution in [0.3, 0.4) is 0 Å². The van der Waals surface area contributed by atoms with E-state index in [4.69, 9.17) is 9.47 Å². The highest BCUT2D eigenvalue weighted by Gasteiger charge is 2.49. The fourth-order valence-corrected chi connectivity index (χ4v) is 3.20. The molecule has 0 radical (unpaired) electrons. The van der Waals surface area contributed by atoms with Crippen molar-refractivity contribution in [2.75, 3.05) is 47.1 Å². The van der Waals surface area contributed by atoms with Crippen LogP contribution in [0.15, 0.2) is 0 Å². The van der Waals surface area contributed by atoms with E-state index in [1.165, 1.54) is 45.3 Å². The molecule has 0 aromatic heterocycles. The van der Waals surface area contributed by atoms with Gasteiger partial charge in [-0.25, -0.2) is 0 Å². The quantitative estimate of drug-likeness (QED) is 0.650. The van der Waals surface area contributed by atoms with E-state index in [9.17, 15) is 0 Å². The predicted octanol–water partition coefficient (Wildman–Crippen LogP) is 2.16. The number of methoxy groups -OCH3 is 2. The Hall–Kier alpha value is -0.120. The standard InChI is InChI=1S/C14H27NO2/c1-4-13(7-8-16-2)9-15(10-13)11-14(5-6-14)12-17-3/h4-12H2,1-3H3. The average molecular weight is 241 g/mol. The van der Waals surface area contributed by atoms with Crippen LogP contribution in [-0.2, 0) is 9.47 Å². The number of hydrogen-bond acceptors (Lipinski definition) is 3. The Morgan fingerprint density at radius 2 is 1.76 bits per heavy atom. The molecule has 0 aromatic carbocycles. The second-order valence-corrected chi connectivity index (χ2v) is 6.17. The molecule has 1 aliphatic carbocycles. The Bertz CT molecular complexity index is 245. The molecule has 0 amide bonds. The second kappa shape index (κ2) is 5.25. The topological polar surface area (TPSA) is 21.7 Å². The zero-order chi connectivity index (χ0) is 12.4. The minimum absolute atomic E-state index is 0.510. The lowest BCUT2D eigenvalue weighted by molar-refractivity contribution is -0.0428. The van der Waals surface area contributed by atoms with E-state index in [-0.39, 0.29) is 0 Å². The van der Waals surface area contributed by atoms with Crippen LogP contribution in [-0.4, -0.2) is 52.0 Å². The first-order chi connectivity index (χ1) is 8.17. The summed E-state index contributed by atoms with van der Waals surface area (Å²) in [5, 5.41) is 0. The van der Waals surface area contributed by atoms with Crippen LogP contribution in [0.4, 0.5) is 0 Å². The summed E-state index contributed by atoms with van der Waals surface area (Å²) >= 11 is 0. The molecule has 3 heteroatoms. The second-order valence-electron chi connectivity index (χ2n) is 6.17. The summed E-state index contributed by atoms with van der Waals surface area (Å²) in [5.41, 5.74) is 1.05. The minimum atomic E-state index is 0.510. The third kappa shape index (κ3) is 3.01. The molecule has 0 spiro atoms. The van der Waals surface area contributed by atoms with Crippen LogP contribution >= 0.6 is 0 Å². The molecule has 0 aromatic rings. The SMILES string of the molecule is CCC1(CCOC)CN(CC2(COC)CC2)C1. The first-order valence-electron chi connectivity index (χ1n) is 6.88. The summed E-state index contributed by atoms with van der Waals surface area (Å²) in [5.74, 6) is 0. The summed E-state index contributed by atoms with van der Waals surface area (Å²) in [6.45, 7) is 7.94. The van der Waals surface area contributed by atoms with Gasteiger partial charge in [-0.3, -0.25) is 0 Å². The molecule has 2 rings (SSSR count). The van der Waals surface area contributed by atoms with E-state index in [2.05, 4.69) is 11.8 Å². The molecule has 3 nitrogen and oxygen atoms in total. The molecule has 1 saturated heterocycles. The van der Waals surface area contributed by atoms with Gasteiger partial charge in [-0.05, 0) is 31.1 Å². The maximum atomic E-state index is 5.34. The van der Waals surface area contributed by atoms with Gasteiger partial charge in [0.15, 0.2) is 0 Å². The van der Waals surface area contributed by atoms with Crippen molar-refractivity contribution in [1.82, 2.24) is 4.90 Å². The van der Waals surface area contributed by atoms with Crippen LogP contribution in [0, 0.1) is 10.8 Å². The highest BCUT2D eigenvalue weighted by Crippen LogP contribution is 2.49. The summed E-state index contributed by atoms with van der Waals surface area (Å²) < 4.78 is 10.6. The Morgan fingerprint density at radius 1 is 1.06 bits per heavy atom. The Morgan fingerprint density at radius 3 is 2.24 bits per heavy atom. The molecule has 2 aliphatic rings. The number of likely N-dealkylation sites (tertiary alicyclic amines) is 1. The molecule has 17 heavy (non-hydrogen) atoms. The van der Waals surface area contributed by atoms with Gasteiger partial charge in [0.25, 0.3) is 0 Å². The molecule has 0 atom stereocenters. The molecule has 1 aliphatic heterocycles. The van der Waals surface area contributed by atoms with Crippen molar-refractivity contribution in [2.45, 2.75) is 32.6 Å². The highest BCUT2D eigenvalue weighted by molar-refractivity contribution is 5.01. The first-order valence-corrected chi connectivity index (χ1v) is 6.88. The monoisotopic (exact) mass is 241 g/mol. The number of hydrogen-bond donors (Lipinski definition) is 0. The van der Waals surface area contributed by atoms with Crippen LogP contribution in [0.1, 0.15) is 32.6 Å². The van der Waals surface area contributed by atoms with Gasteiger partial charge < -0.3 is 14.4 Å². The molecule has 0 N–H and O–H groups in total. The number of ether oxygens (including phenoxy) is 2. The zero-order valence-electron chi connectivity index (χ0n) is 11.6. The first kappa shape index (κ1) is 13.3. The molecular formula is C14H27NO2. The molecular weight excluding hydrogens is 214 g/mol. The van der Waals surface area contributed by atoms with E-state index in [0.717, 1.165) is 13.2 Å². The van der Waals surface area contributed by atoms with Crippen LogP contribution in [0.5, 0.6) is 0 Å². The van der Waals surface area contributed by atoms with Crippen LogP contribution in [0.25, 0.3) is 0 Å².